The molecule has 2 unspecified atom stereocenters. The summed E-state index contributed by atoms with van der Waals surface area (Å²) in [4.78, 5) is 14.2. The molecule has 4 N–H and O–H groups in total. The molecule has 2 aromatic carbocycles. The lowest BCUT2D eigenvalue weighted by Crippen LogP contribution is -2.51. The quantitative estimate of drug-likeness (QED) is 0.365. The first kappa shape index (κ1) is 29.0. The Bertz CT molecular complexity index is 1000. The van der Waals surface area contributed by atoms with Crippen LogP contribution < -0.4 is 16.1 Å². The minimum absolute atomic E-state index is 0.102. The molecule has 0 spiro atoms. The topological polar surface area (TPSA) is 78.6 Å². The number of alkyl halides is 4. The van der Waals surface area contributed by atoms with E-state index in [2.05, 4.69) is 19.2 Å². The number of phenols is 1. The Labute approximate surface area is 205 Å². The number of aromatic hydroxyl groups is 1. The second-order valence-electron chi connectivity index (χ2n) is 8.17. The molecule has 0 radical (unpaired) electrons. The zero-order valence-corrected chi connectivity index (χ0v) is 21.6. The van der Waals surface area contributed by atoms with Gasteiger partial charge in [-0.2, -0.15) is 17.6 Å². The fraction of sp³-hybridized carbons (Fsp3) is 0.480. The van der Waals surface area contributed by atoms with Gasteiger partial charge in [0.25, 0.3) is 5.91 Å². The van der Waals surface area contributed by atoms with Crippen molar-refractivity contribution in [3.63, 3.8) is 0 Å². The number of nitrogens with one attached hydrogen (secondary N) is 1. The Balaban J connectivity index is 0.000000803. The van der Waals surface area contributed by atoms with Crippen LogP contribution in [0.3, 0.4) is 0 Å². The van der Waals surface area contributed by atoms with E-state index in [4.69, 9.17) is 5.50 Å². The number of halogens is 4. The van der Waals surface area contributed by atoms with E-state index in [1.165, 1.54) is 30.7 Å². The highest BCUT2D eigenvalue weighted by Gasteiger charge is 2.68. The second-order valence-corrected chi connectivity index (χ2v) is 10.2. The van der Waals surface area contributed by atoms with E-state index in [-0.39, 0.29) is 11.3 Å². The number of fused-ring (bicyclic) bond motifs is 1. The Morgan fingerprint density at radius 1 is 1.00 bits per heavy atom. The van der Waals surface area contributed by atoms with Crippen molar-refractivity contribution >= 4 is 25.0 Å². The maximum atomic E-state index is 14.2. The monoisotopic (exact) mass is 515 g/mol. The molecule has 10 heteroatoms. The third-order valence-corrected chi connectivity index (χ3v) is 7.40. The van der Waals surface area contributed by atoms with E-state index < -0.39 is 44.5 Å². The average Bonchev–Trinajstić information content (AvgIpc) is 3.24. The number of nitrogens with two attached hydrogens (primary N) is 1. The summed E-state index contributed by atoms with van der Waals surface area (Å²) >= 11 is 0. The Kier molecular flexibility index (Phi) is 9.31. The fourth-order valence-electron chi connectivity index (χ4n) is 4.20. The molecule has 35 heavy (non-hydrogen) atoms. The molecule has 2 heterocycles. The highest BCUT2D eigenvalue weighted by Crippen LogP contribution is 2.52. The van der Waals surface area contributed by atoms with Gasteiger partial charge in [0.1, 0.15) is 5.75 Å². The first-order valence-corrected chi connectivity index (χ1v) is 13.3. The van der Waals surface area contributed by atoms with Gasteiger partial charge in [-0.1, -0.05) is 71.4 Å². The van der Waals surface area contributed by atoms with Gasteiger partial charge in [0.15, 0.2) is 5.54 Å². The van der Waals surface area contributed by atoms with Gasteiger partial charge < -0.3 is 15.9 Å². The van der Waals surface area contributed by atoms with Crippen molar-refractivity contribution in [1.29, 1.82) is 0 Å². The molecule has 0 aliphatic carbocycles. The van der Waals surface area contributed by atoms with Gasteiger partial charge in [0.05, 0.1) is 18.8 Å². The van der Waals surface area contributed by atoms with Crippen molar-refractivity contribution in [2.75, 3.05) is 24.6 Å². The Morgan fingerprint density at radius 3 is 2.00 bits per heavy atom. The average molecular weight is 516 g/mol. The van der Waals surface area contributed by atoms with Crippen LogP contribution in [-0.2, 0) is 10.3 Å². The van der Waals surface area contributed by atoms with Gasteiger partial charge in [-0.05, 0) is 31.9 Å². The summed E-state index contributed by atoms with van der Waals surface area (Å²) in [5.74, 6) is -9.39. The molecule has 2 aromatic rings. The van der Waals surface area contributed by atoms with Gasteiger partial charge in [0.2, 0.25) is 0 Å². The number of carbonyl (C=O) groups excluding carboxylic acids is 1. The summed E-state index contributed by atoms with van der Waals surface area (Å²) in [5, 5.41) is 13.0. The van der Waals surface area contributed by atoms with Gasteiger partial charge in [0, 0.05) is 10.9 Å². The Morgan fingerprint density at radius 2 is 1.51 bits per heavy atom. The normalized spacial score (nSPS) is 22.7. The van der Waals surface area contributed by atoms with E-state index >= 15 is 0 Å². The largest absolute Gasteiger partial charge is 0.508 e. The summed E-state index contributed by atoms with van der Waals surface area (Å²) in [6.45, 7) is 7.56. The zero-order chi connectivity index (χ0) is 26.6. The summed E-state index contributed by atoms with van der Waals surface area (Å²) in [6.07, 6.45) is 1.87. The third-order valence-electron chi connectivity index (χ3n) is 5.72. The molecular weight excluding hydrogens is 481 g/mol. The summed E-state index contributed by atoms with van der Waals surface area (Å²) < 4.78 is 56.6. The lowest BCUT2D eigenvalue weighted by atomic mass is 9.82. The molecule has 1 fully saturated rings. The minimum Gasteiger partial charge on any atom is -0.508 e. The number of anilines is 1. The van der Waals surface area contributed by atoms with E-state index in [1.807, 2.05) is 20.8 Å². The van der Waals surface area contributed by atoms with Crippen LogP contribution in [0.1, 0.15) is 52.2 Å². The van der Waals surface area contributed by atoms with Crippen LogP contribution in [0.25, 0.3) is 0 Å². The van der Waals surface area contributed by atoms with Crippen molar-refractivity contribution in [2.45, 2.75) is 58.4 Å². The molecule has 2 atom stereocenters. The SMILES string of the molecule is CC.CCC.CCP(N)c1cccc2c1NC(=O)C2(c1ccc(O)cc1)N1CC(F)(F)C(F)(F)C1. The lowest BCUT2D eigenvalue weighted by molar-refractivity contribution is -0.172. The van der Waals surface area contributed by atoms with E-state index in [1.54, 1.807) is 18.2 Å². The van der Waals surface area contributed by atoms with E-state index in [0.29, 0.717) is 22.7 Å². The first-order valence-electron chi connectivity index (χ1n) is 11.7. The number of phenolic OH excluding ortho intramolecular Hbond substituents is 1. The molecule has 194 valence electrons. The molecule has 0 aromatic heterocycles. The number of hydrogen-bond donors (Lipinski definition) is 3. The number of rotatable bonds is 4. The third kappa shape index (κ3) is 5.04. The smallest absolute Gasteiger partial charge is 0.323 e. The summed E-state index contributed by atoms with van der Waals surface area (Å²) in [7, 11) is -1.13. The second kappa shape index (κ2) is 11.2. The molecular formula is C25H34F4N3O2P. The van der Waals surface area contributed by atoms with Crippen LogP contribution in [-0.4, -0.2) is 47.0 Å². The number of amides is 1. The molecule has 1 saturated heterocycles. The van der Waals surface area contributed by atoms with Crippen LogP contribution in [0.4, 0.5) is 23.2 Å². The van der Waals surface area contributed by atoms with Gasteiger partial charge in [-0.3, -0.25) is 9.69 Å². The summed E-state index contributed by atoms with van der Waals surface area (Å²) in [6, 6.07) is 10.3. The van der Waals surface area contributed by atoms with Crippen molar-refractivity contribution in [3.05, 3.63) is 53.6 Å². The van der Waals surface area contributed by atoms with Crippen molar-refractivity contribution in [2.24, 2.45) is 5.50 Å². The van der Waals surface area contributed by atoms with E-state index in [0.717, 1.165) is 4.90 Å². The predicted octanol–water partition coefficient (Wildman–Crippen LogP) is 5.62. The van der Waals surface area contributed by atoms with Crippen LogP contribution in [0.5, 0.6) is 5.75 Å². The van der Waals surface area contributed by atoms with Crippen molar-refractivity contribution in [1.82, 2.24) is 4.90 Å². The van der Waals surface area contributed by atoms with Crippen LogP contribution in [0.15, 0.2) is 42.5 Å². The van der Waals surface area contributed by atoms with Crippen molar-refractivity contribution in [3.8, 4) is 5.75 Å². The molecule has 2 aliphatic heterocycles. The maximum Gasteiger partial charge on any atom is 0.323 e. The predicted molar refractivity (Wildman–Crippen MR) is 134 cm³/mol. The van der Waals surface area contributed by atoms with Crippen LogP contribution >= 0.6 is 8.07 Å². The Hall–Kier alpha value is -2.22. The summed E-state index contributed by atoms with van der Waals surface area (Å²) in [5.41, 5.74) is 5.22. The first-order chi connectivity index (χ1) is 16.5. The van der Waals surface area contributed by atoms with Crippen LogP contribution in [0.2, 0.25) is 0 Å². The number of nitrogens with zero attached hydrogens (tertiary/aromatic N) is 1. The number of carbonyl (C=O) groups is 1. The fourth-order valence-corrected chi connectivity index (χ4v) is 5.28. The minimum atomic E-state index is -4.29. The number of benzene rings is 2. The van der Waals surface area contributed by atoms with Gasteiger partial charge >= 0.3 is 11.8 Å². The zero-order valence-electron chi connectivity index (χ0n) is 20.7. The molecule has 2 aliphatic rings. The lowest BCUT2D eigenvalue weighted by Gasteiger charge is -2.37. The molecule has 0 saturated carbocycles. The number of hydrogen-bond acceptors (Lipinski definition) is 4. The van der Waals surface area contributed by atoms with E-state index in [9.17, 15) is 27.5 Å². The highest BCUT2D eigenvalue weighted by molar-refractivity contribution is 7.63. The maximum absolute atomic E-state index is 14.2. The molecule has 4 rings (SSSR count). The van der Waals surface area contributed by atoms with Gasteiger partial charge in [-0.25, -0.2) is 0 Å². The molecule has 1 amide bonds. The highest BCUT2D eigenvalue weighted by atomic mass is 31.1. The number of likely N-dealkylation sites (tertiary alicyclic amines) is 1. The number of para-hydroxylation sites is 1. The molecule has 0 bridgehead atoms. The standard InChI is InChI=1S/C20H20F4N3O2P.C3H8.C2H6/c1-2-30(25)15-5-3-4-14-16(15)26-17(29)20(14,12-6-8-13(28)9-7-12)27-10-18(21,22)19(23,24)11-27;1-3-2;1-2/h3-9,28H,2,10-11,25H2,1H3,(H,26,29);3H2,1-2H3;1-2H3. The van der Waals surface area contributed by atoms with Crippen molar-refractivity contribution < 1.29 is 27.5 Å². The molecule has 5 nitrogen and oxygen atoms in total. The van der Waals surface area contributed by atoms with Gasteiger partial charge in [-0.15, -0.1) is 0 Å². The van der Waals surface area contributed by atoms with Crippen LogP contribution in [0, 0.1) is 0 Å².